The van der Waals surface area contributed by atoms with Crippen LogP contribution in [-0.2, 0) is 4.43 Å². The third-order valence-corrected chi connectivity index (χ3v) is 3.20. The minimum Gasteiger partial charge on any atom is -0.410 e. The standard InChI is InChI=1S/C7H12OSi/c1-7(2)8-9-5-3-4-6-9/h3-7,9H,1-2H3. The first-order valence-corrected chi connectivity index (χ1v) is 5.10. The lowest BCUT2D eigenvalue weighted by atomic mass is 10.5. The molecule has 0 aromatic carbocycles. The van der Waals surface area contributed by atoms with Crippen molar-refractivity contribution in [2.24, 2.45) is 0 Å². The zero-order chi connectivity index (χ0) is 6.69. The third kappa shape index (κ3) is 2.16. The van der Waals surface area contributed by atoms with Crippen LogP contribution in [-0.4, -0.2) is 15.1 Å². The summed E-state index contributed by atoms with van der Waals surface area (Å²) in [5.74, 6) is 0. The van der Waals surface area contributed by atoms with E-state index in [2.05, 4.69) is 37.4 Å². The van der Waals surface area contributed by atoms with Crippen molar-refractivity contribution < 1.29 is 4.43 Å². The van der Waals surface area contributed by atoms with E-state index in [1.165, 1.54) is 0 Å². The van der Waals surface area contributed by atoms with Gasteiger partial charge in [0, 0.05) is 6.10 Å². The summed E-state index contributed by atoms with van der Waals surface area (Å²) in [6.45, 7) is 4.15. The van der Waals surface area contributed by atoms with Crippen molar-refractivity contribution in [1.82, 2.24) is 0 Å². The summed E-state index contributed by atoms with van der Waals surface area (Å²) in [6, 6.07) is 0. The van der Waals surface area contributed by atoms with E-state index in [4.69, 9.17) is 4.43 Å². The van der Waals surface area contributed by atoms with Gasteiger partial charge in [0.25, 0.3) is 0 Å². The minimum absolute atomic E-state index is 0.383. The van der Waals surface area contributed by atoms with Gasteiger partial charge >= 0.3 is 0 Å². The summed E-state index contributed by atoms with van der Waals surface area (Å²) in [5, 5.41) is 0. The van der Waals surface area contributed by atoms with Gasteiger partial charge in [0.15, 0.2) is 0 Å². The molecule has 1 rings (SSSR count). The highest BCUT2D eigenvalue weighted by Gasteiger charge is 2.07. The van der Waals surface area contributed by atoms with Gasteiger partial charge in [0.2, 0.25) is 9.04 Å². The zero-order valence-electron chi connectivity index (χ0n) is 5.87. The van der Waals surface area contributed by atoms with E-state index in [1.807, 2.05) is 0 Å². The highest BCUT2D eigenvalue weighted by atomic mass is 28.3. The van der Waals surface area contributed by atoms with E-state index in [0.717, 1.165) is 0 Å². The van der Waals surface area contributed by atoms with Gasteiger partial charge in [-0.2, -0.15) is 0 Å². The second-order valence-corrected chi connectivity index (χ2v) is 4.39. The number of hydrogen-bond acceptors (Lipinski definition) is 1. The molecular formula is C7H12OSi. The molecular weight excluding hydrogens is 128 g/mol. The first-order chi connectivity index (χ1) is 4.29. The van der Waals surface area contributed by atoms with Crippen molar-refractivity contribution in [2.45, 2.75) is 20.0 Å². The normalized spacial score (nSPS) is 18.1. The van der Waals surface area contributed by atoms with Gasteiger partial charge in [-0.25, -0.2) is 0 Å². The molecule has 1 heterocycles. The predicted octanol–water partition coefficient (Wildman–Crippen LogP) is 1.34. The van der Waals surface area contributed by atoms with E-state index in [-0.39, 0.29) is 0 Å². The van der Waals surface area contributed by atoms with Crippen LogP contribution in [0.5, 0.6) is 0 Å². The molecule has 0 aromatic heterocycles. The predicted molar refractivity (Wildman–Crippen MR) is 41.7 cm³/mol. The van der Waals surface area contributed by atoms with Crippen molar-refractivity contribution in [3.8, 4) is 0 Å². The van der Waals surface area contributed by atoms with Gasteiger partial charge in [-0.05, 0) is 13.8 Å². The SMILES string of the molecule is CC(C)O[SiH]1C=CC=C1. The van der Waals surface area contributed by atoms with Crippen molar-refractivity contribution in [3.05, 3.63) is 23.6 Å². The molecule has 0 saturated carbocycles. The van der Waals surface area contributed by atoms with Crippen LogP contribution in [0.15, 0.2) is 23.6 Å². The Balaban J connectivity index is 2.29. The fraction of sp³-hybridized carbons (Fsp3) is 0.429. The largest absolute Gasteiger partial charge is 0.410 e. The molecule has 2 heteroatoms. The molecule has 1 nitrogen and oxygen atoms in total. The van der Waals surface area contributed by atoms with E-state index >= 15 is 0 Å². The van der Waals surface area contributed by atoms with Gasteiger partial charge in [-0.3, -0.25) is 0 Å². The average Bonchev–Trinajstić information content (AvgIpc) is 2.15. The third-order valence-electron chi connectivity index (χ3n) is 1.14. The first kappa shape index (κ1) is 6.77. The smallest absolute Gasteiger partial charge is 0.226 e. The number of rotatable bonds is 2. The Hall–Kier alpha value is -0.343. The van der Waals surface area contributed by atoms with Crippen LogP contribution >= 0.6 is 0 Å². The zero-order valence-corrected chi connectivity index (χ0v) is 7.03. The minimum atomic E-state index is -1.00. The maximum absolute atomic E-state index is 5.58. The molecule has 1 aliphatic heterocycles. The van der Waals surface area contributed by atoms with Crippen LogP contribution in [0.1, 0.15) is 13.8 Å². The quantitative estimate of drug-likeness (QED) is 0.526. The highest BCUT2D eigenvalue weighted by Crippen LogP contribution is 2.02. The van der Waals surface area contributed by atoms with Crippen LogP contribution in [0.2, 0.25) is 0 Å². The molecule has 0 N–H and O–H groups in total. The van der Waals surface area contributed by atoms with Crippen LogP contribution in [0.25, 0.3) is 0 Å². The molecule has 0 aromatic rings. The Morgan fingerprint density at radius 3 is 2.22 bits per heavy atom. The molecule has 0 saturated heterocycles. The molecule has 0 unspecified atom stereocenters. The molecule has 0 aliphatic carbocycles. The molecule has 9 heavy (non-hydrogen) atoms. The summed E-state index contributed by atoms with van der Waals surface area (Å²) >= 11 is 0. The molecule has 0 radical (unpaired) electrons. The fourth-order valence-electron chi connectivity index (χ4n) is 0.816. The summed E-state index contributed by atoms with van der Waals surface area (Å²) < 4.78 is 5.58. The van der Waals surface area contributed by atoms with Crippen LogP contribution < -0.4 is 0 Å². The second-order valence-electron chi connectivity index (χ2n) is 2.42. The van der Waals surface area contributed by atoms with Gasteiger partial charge in [-0.1, -0.05) is 23.6 Å². The van der Waals surface area contributed by atoms with Crippen LogP contribution in [0.4, 0.5) is 0 Å². The first-order valence-electron chi connectivity index (χ1n) is 3.29. The van der Waals surface area contributed by atoms with Crippen molar-refractivity contribution >= 4 is 9.04 Å². The van der Waals surface area contributed by atoms with Gasteiger partial charge in [0.05, 0.1) is 0 Å². The summed E-state index contributed by atoms with van der Waals surface area (Å²) in [6.07, 6.45) is 4.52. The van der Waals surface area contributed by atoms with Gasteiger partial charge < -0.3 is 4.43 Å². The summed E-state index contributed by atoms with van der Waals surface area (Å²) in [7, 11) is -1.00. The summed E-state index contributed by atoms with van der Waals surface area (Å²) in [4.78, 5) is 0. The molecule has 0 amide bonds. The van der Waals surface area contributed by atoms with E-state index in [9.17, 15) is 0 Å². The monoisotopic (exact) mass is 140 g/mol. The van der Waals surface area contributed by atoms with Crippen molar-refractivity contribution in [3.63, 3.8) is 0 Å². The fourth-order valence-corrected chi connectivity index (χ4v) is 2.45. The molecule has 0 atom stereocenters. The Morgan fingerprint density at radius 1 is 1.22 bits per heavy atom. The van der Waals surface area contributed by atoms with Gasteiger partial charge in [0.1, 0.15) is 0 Å². The molecule has 50 valence electrons. The number of hydrogen-bond donors (Lipinski definition) is 0. The molecule has 0 fully saturated rings. The van der Waals surface area contributed by atoms with Crippen molar-refractivity contribution in [2.75, 3.05) is 0 Å². The Labute approximate surface area is 57.8 Å². The van der Waals surface area contributed by atoms with E-state index < -0.39 is 9.04 Å². The maximum Gasteiger partial charge on any atom is 0.226 e. The summed E-state index contributed by atoms with van der Waals surface area (Å²) in [5.41, 5.74) is 4.36. The number of allylic oxidation sites excluding steroid dienone is 2. The highest BCUT2D eigenvalue weighted by molar-refractivity contribution is 6.64. The van der Waals surface area contributed by atoms with E-state index in [0.29, 0.717) is 6.10 Å². The maximum atomic E-state index is 5.58. The van der Waals surface area contributed by atoms with Crippen LogP contribution in [0, 0.1) is 0 Å². The molecule has 0 bridgehead atoms. The van der Waals surface area contributed by atoms with Crippen molar-refractivity contribution in [1.29, 1.82) is 0 Å². The Kier molecular flexibility index (Phi) is 2.25. The second kappa shape index (κ2) is 2.99. The van der Waals surface area contributed by atoms with E-state index in [1.54, 1.807) is 0 Å². The lowest BCUT2D eigenvalue weighted by Crippen LogP contribution is -2.16. The molecule has 1 aliphatic rings. The molecule has 0 spiro atoms. The van der Waals surface area contributed by atoms with Gasteiger partial charge in [-0.15, -0.1) is 0 Å². The Bertz CT molecular complexity index is 126. The topological polar surface area (TPSA) is 9.23 Å². The lowest BCUT2D eigenvalue weighted by Gasteiger charge is -2.09. The average molecular weight is 140 g/mol. The van der Waals surface area contributed by atoms with Crippen LogP contribution in [0.3, 0.4) is 0 Å². The Morgan fingerprint density at radius 2 is 1.78 bits per heavy atom. The lowest BCUT2D eigenvalue weighted by molar-refractivity contribution is 0.252.